The predicted molar refractivity (Wildman–Crippen MR) is 84.0 cm³/mol. The molecule has 1 unspecified atom stereocenters. The van der Waals surface area contributed by atoms with Crippen molar-refractivity contribution in [3.63, 3.8) is 0 Å². The molecule has 1 aromatic carbocycles. The van der Waals surface area contributed by atoms with Gasteiger partial charge in [-0.15, -0.1) is 0 Å². The summed E-state index contributed by atoms with van der Waals surface area (Å²) >= 11 is 0. The molecule has 2 aromatic rings. The Morgan fingerprint density at radius 1 is 1.43 bits per heavy atom. The van der Waals surface area contributed by atoms with Crippen LogP contribution in [0.2, 0.25) is 0 Å². The Morgan fingerprint density at radius 2 is 2.26 bits per heavy atom. The number of aromatic amines is 1. The van der Waals surface area contributed by atoms with Crippen molar-refractivity contribution in [2.24, 2.45) is 5.73 Å². The third-order valence-electron chi connectivity index (χ3n) is 4.42. The van der Waals surface area contributed by atoms with Crippen molar-refractivity contribution in [2.45, 2.75) is 38.8 Å². The number of amides is 1. The Hall–Kier alpha value is -2.28. The van der Waals surface area contributed by atoms with Crippen LogP contribution in [-0.4, -0.2) is 38.8 Å². The average Bonchev–Trinajstić information content (AvgIpc) is 2.99. The Labute approximate surface area is 133 Å². The third kappa shape index (κ3) is 3.24. The topological polar surface area (TPSA) is 87.9 Å². The molecular formula is C16H20FN5O. The van der Waals surface area contributed by atoms with E-state index in [1.165, 1.54) is 18.6 Å². The molecule has 0 spiro atoms. The van der Waals surface area contributed by atoms with Crippen molar-refractivity contribution in [2.75, 3.05) is 6.54 Å². The number of aromatic nitrogens is 3. The van der Waals surface area contributed by atoms with Crippen LogP contribution in [0, 0.1) is 5.82 Å². The van der Waals surface area contributed by atoms with E-state index in [9.17, 15) is 9.18 Å². The van der Waals surface area contributed by atoms with Crippen LogP contribution >= 0.6 is 0 Å². The van der Waals surface area contributed by atoms with Crippen LogP contribution in [0.3, 0.4) is 0 Å². The lowest BCUT2D eigenvalue weighted by Crippen LogP contribution is -2.36. The number of carbonyl (C=O) groups excluding carboxylic acids is 1. The molecule has 1 atom stereocenters. The second kappa shape index (κ2) is 6.45. The van der Waals surface area contributed by atoms with Crippen molar-refractivity contribution in [1.82, 2.24) is 20.3 Å². The highest BCUT2D eigenvalue weighted by molar-refractivity contribution is 5.97. The second-order valence-corrected chi connectivity index (χ2v) is 6.00. The molecule has 1 aliphatic rings. The van der Waals surface area contributed by atoms with E-state index in [1.807, 2.05) is 0 Å². The number of carbonyl (C=O) groups is 1. The number of nitrogens with two attached hydrogens (primary N) is 1. The number of hydrogen-bond donors (Lipinski definition) is 2. The molecule has 122 valence electrons. The molecule has 3 N–H and O–H groups in total. The van der Waals surface area contributed by atoms with Gasteiger partial charge in [0.2, 0.25) is 0 Å². The summed E-state index contributed by atoms with van der Waals surface area (Å²) in [6.07, 6.45) is 3.51. The van der Waals surface area contributed by atoms with E-state index in [4.69, 9.17) is 5.73 Å². The first-order valence-electron chi connectivity index (χ1n) is 7.79. The number of H-pyrrole nitrogens is 1. The van der Waals surface area contributed by atoms with Gasteiger partial charge in [0.15, 0.2) is 5.69 Å². The molecule has 0 aliphatic carbocycles. The zero-order chi connectivity index (χ0) is 16.4. The number of likely N-dealkylation sites (tertiary alicyclic amines) is 1. The minimum absolute atomic E-state index is 0.0737. The van der Waals surface area contributed by atoms with Gasteiger partial charge in [-0.1, -0.05) is 6.42 Å². The zero-order valence-electron chi connectivity index (χ0n) is 13.1. The summed E-state index contributed by atoms with van der Waals surface area (Å²) in [5.41, 5.74) is 7.26. The fraction of sp³-hybridized carbons (Fsp3) is 0.438. The first kappa shape index (κ1) is 15.6. The lowest BCUT2D eigenvalue weighted by Gasteiger charge is -2.33. The standard InChI is InChI=1S/C16H20FN5O/c1-10-4-2-3-7-22(10)9-11-8-12(17)5-6-13(11)14-15(16(18)23)20-21-19-14/h5-6,8,10H,2-4,7,9H2,1H3,(H2,18,23)(H,19,20,21). The van der Waals surface area contributed by atoms with Gasteiger partial charge in [-0.2, -0.15) is 15.4 Å². The second-order valence-electron chi connectivity index (χ2n) is 6.00. The monoisotopic (exact) mass is 317 g/mol. The van der Waals surface area contributed by atoms with Crippen molar-refractivity contribution in [3.05, 3.63) is 35.3 Å². The van der Waals surface area contributed by atoms with E-state index in [0.717, 1.165) is 24.9 Å². The molecule has 1 fully saturated rings. The number of nitrogens with one attached hydrogen (secondary N) is 1. The van der Waals surface area contributed by atoms with Crippen LogP contribution in [-0.2, 0) is 6.54 Å². The quantitative estimate of drug-likeness (QED) is 0.904. The number of halogens is 1. The number of rotatable bonds is 4. The van der Waals surface area contributed by atoms with Gasteiger partial charge in [0, 0.05) is 18.2 Å². The van der Waals surface area contributed by atoms with Gasteiger partial charge in [-0.25, -0.2) is 4.39 Å². The highest BCUT2D eigenvalue weighted by Crippen LogP contribution is 2.28. The van der Waals surface area contributed by atoms with E-state index in [1.54, 1.807) is 6.07 Å². The van der Waals surface area contributed by atoms with E-state index >= 15 is 0 Å². The lowest BCUT2D eigenvalue weighted by atomic mass is 9.99. The van der Waals surface area contributed by atoms with Crippen molar-refractivity contribution < 1.29 is 9.18 Å². The Morgan fingerprint density at radius 3 is 3.00 bits per heavy atom. The minimum atomic E-state index is -0.657. The fourth-order valence-electron chi connectivity index (χ4n) is 3.13. The highest BCUT2D eigenvalue weighted by Gasteiger charge is 2.22. The number of hydrogen-bond acceptors (Lipinski definition) is 4. The summed E-state index contributed by atoms with van der Waals surface area (Å²) in [4.78, 5) is 13.8. The largest absolute Gasteiger partial charge is 0.364 e. The van der Waals surface area contributed by atoms with Gasteiger partial charge in [0.1, 0.15) is 11.5 Å². The zero-order valence-corrected chi connectivity index (χ0v) is 13.1. The van der Waals surface area contributed by atoms with Gasteiger partial charge < -0.3 is 5.73 Å². The van der Waals surface area contributed by atoms with Crippen LogP contribution in [0.25, 0.3) is 11.3 Å². The summed E-state index contributed by atoms with van der Waals surface area (Å²) in [6, 6.07) is 4.94. The molecule has 0 bridgehead atoms. The molecule has 1 amide bonds. The van der Waals surface area contributed by atoms with E-state index in [2.05, 4.69) is 27.2 Å². The number of benzene rings is 1. The van der Waals surface area contributed by atoms with Gasteiger partial charge in [0.05, 0.1) is 0 Å². The van der Waals surface area contributed by atoms with Crippen LogP contribution in [0.1, 0.15) is 42.2 Å². The summed E-state index contributed by atoms with van der Waals surface area (Å²) in [6.45, 7) is 3.78. The normalized spacial score (nSPS) is 19.0. The minimum Gasteiger partial charge on any atom is -0.364 e. The molecule has 1 aliphatic heterocycles. The van der Waals surface area contributed by atoms with Crippen LogP contribution in [0.5, 0.6) is 0 Å². The highest BCUT2D eigenvalue weighted by atomic mass is 19.1. The van der Waals surface area contributed by atoms with E-state index in [-0.39, 0.29) is 11.5 Å². The number of primary amides is 1. The van der Waals surface area contributed by atoms with Crippen LogP contribution in [0.4, 0.5) is 4.39 Å². The van der Waals surface area contributed by atoms with Crippen molar-refractivity contribution in [3.8, 4) is 11.3 Å². The van der Waals surface area contributed by atoms with Gasteiger partial charge >= 0.3 is 0 Å². The van der Waals surface area contributed by atoms with E-state index < -0.39 is 5.91 Å². The Kier molecular flexibility index (Phi) is 4.38. The van der Waals surface area contributed by atoms with Gasteiger partial charge in [-0.05, 0) is 50.1 Å². The number of piperidine rings is 1. The fourth-order valence-corrected chi connectivity index (χ4v) is 3.13. The van der Waals surface area contributed by atoms with Crippen LogP contribution in [0.15, 0.2) is 18.2 Å². The molecular weight excluding hydrogens is 297 g/mol. The first-order valence-corrected chi connectivity index (χ1v) is 7.79. The van der Waals surface area contributed by atoms with E-state index in [0.29, 0.717) is 23.8 Å². The molecule has 7 heteroatoms. The molecule has 23 heavy (non-hydrogen) atoms. The molecule has 0 radical (unpaired) electrons. The molecule has 1 aromatic heterocycles. The Bertz CT molecular complexity index is 714. The van der Waals surface area contributed by atoms with Crippen molar-refractivity contribution in [1.29, 1.82) is 0 Å². The first-order chi connectivity index (χ1) is 11.1. The molecule has 6 nitrogen and oxygen atoms in total. The van der Waals surface area contributed by atoms with Crippen molar-refractivity contribution >= 4 is 5.91 Å². The molecule has 0 saturated carbocycles. The SMILES string of the molecule is CC1CCCCN1Cc1cc(F)ccc1-c1n[nH]nc1C(N)=O. The summed E-state index contributed by atoms with van der Waals surface area (Å²) < 4.78 is 13.7. The smallest absolute Gasteiger partial charge is 0.271 e. The number of nitrogens with zero attached hydrogens (tertiary/aromatic N) is 3. The van der Waals surface area contributed by atoms with Crippen LogP contribution < -0.4 is 5.73 Å². The maximum absolute atomic E-state index is 13.7. The molecule has 1 saturated heterocycles. The summed E-state index contributed by atoms with van der Waals surface area (Å²) in [5, 5.41) is 10.3. The third-order valence-corrected chi connectivity index (χ3v) is 4.42. The molecule has 3 rings (SSSR count). The van der Waals surface area contributed by atoms with Gasteiger partial charge in [-0.3, -0.25) is 9.69 Å². The average molecular weight is 317 g/mol. The predicted octanol–water partition coefficient (Wildman–Crippen LogP) is 2.08. The summed E-state index contributed by atoms with van der Waals surface area (Å²) in [5.74, 6) is -0.965. The maximum atomic E-state index is 13.7. The van der Waals surface area contributed by atoms with Gasteiger partial charge in [0.25, 0.3) is 5.91 Å². The Balaban J connectivity index is 1.98. The summed E-state index contributed by atoms with van der Waals surface area (Å²) in [7, 11) is 0. The maximum Gasteiger partial charge on any atom is 0.271 e. The lowest BCUT2D eigenvalue weighted by molar-refractivity contribution is 0.0996. The molecule has 2 heterocycles.